The number of fused-ring (bicyclic) bond motifs is 1. The Morgan fingerprint density at radius 3 is 2.00 bits per heavy atom. The van der Waals surface area contributed by atoms with Crippen molar-refractivity contribution >= 4 is 34.6 Å². The van der Waals surface area contributed by atoms with Crippen LogP contribution in [0.3, 0.4) is 0 Å². The van der Waals surface area contributed by atoms with Crippen LogP contribution in [-0.4, -0.2) is 29.8 Å². The molecule has 0 aliphatic carbocycles. The van der Waals surface area contributed by atoms with E-state index in [0.717, 1.165) is 28.1 Å². The summed E-state index contributed by atoms with van der Waals surface area (Å²) in [6.45, 7) is 2.36. The molecule has 6 heteroatoms. The Morgan fingerprint density at radius 1 is 0.705 bits per heavy atom. The quantitative estimate of drug-likeness (QED) is 0.0784. The van der Waals surface area contributed by atoms with E-state index in [1.54, 1.807) is 36.4 Å². The summed E-state index contributed by atoms with van der Waals surface area (Å²) < 4.78 is 0. The lowest BCUT2D eigenvalue weighted by molar-refractivity contribution is -0.114. The van der Waals surface area contributed by atoms with Gasteiger partial charge in [-0.15, -0.1) is 0 Å². The van der Waals surface area contributed by atoms with Crippen LogP contribution < -0.4 is 4.90 Å². The standard InChI is InChI=1S/C38H30N2O4/c1-26-12-8-9-17-30(26)24-34(39-44-38(43)29-15-6-3-7-16-29)37(42)33-25-40(35-19-11-10-18-32(33)35)31-22-20-28(21-23-31)36(41)27-13-4-2-5-14-27/h2-23,33H,24-25H2,1H3/b39-34+. The summed E-state index contributed by atoms with van der Waals surface area (Å²) in [7, 11) is 0. The number of hydrogen-bond acceptors (Lipinski definition) is 6. The molecule has 0 fully saturated rings. The number of nitrogens with zero attached hydrogens (tertiary/aromatic N) is 2. The van der Waals surface area contributed by atoms with Crippen molar-refractivity contribution in [3.63, 3.8) is 0 Å². The van der Waals surface area contributed by atoms with Gasteiger partial charge in [0.15, 0.2) is 11.6 Å². The van der Waals surface area contributed by atoms with Gasteiger partial charge in [0.2, 0.25) is 0 Å². The number of anilines is 2. The lowest BCUT2D eigenvalue weighted by atomic mass is 9.91. The molecule has 0 saturated heterocycles. The van der Waals surface area contributed by atoms with Crippen LogP contribution >= 0.6 is 0 Å². The highest BCUT2D eigenvalue weighted by Gasteiger charge is 2.36. The number of Topliss-reactive ketones (excluding diaryl/α,β-unsaturated/α-hetero) is 1. The molecule has 1 unspecified atom stereocenters. The predicted molar refractivity (Wildman–Crippen MR) is 172 cm³/mol. The Morgan fingerprint density at radius 2 is 1.30 bits per heavy atom. The lowest BCUT2D eigenvalue weighted by Gasteiger charge is -2.20. The van der Waals surface area contributed by atoms with Crippen molar-refractivity contribution in [3.8, 4) is 0 Å². The minimum Gasteiger partial charge on any atom is -0.340 e. The zero-order valence-electron chi connectivity index (χ0n) is 24.2. The molecule has 0 spiro atoms. The number of carbonyl (C=O) groups is 3. The largest absolute Gasteiger partial charge is 0.365 e. The Labute approximate surface area is 256 Å². The highest BCUT2D eigenvalue weighted by Crippen LogP contribution is 2.41. The number of para-hydroxylation sites is 1. The lowest BCUT2D eigenvalue weighted by Crippen LogP contribution is -2.28. The van der Waals surface area contributed by atoms with Crippen LogP contribution in [0, 0.1) is 6.92 Å². The van der Waals surface area contributed by atoms with Gasteiger partial charge >= 0.3 is 5.97 Å². The monoisotopic (exact) mass is 578 g/mol. The smallest absolute Gasteiger partial charge is 0.340 e. The zero-order chi connectivity index (χ0) is 30.5. The Kier molecular flexibility index (Phi) is 8.23. The van der Waals surface area contributed by atoms with E-state index in [1.165, 1.54) is 0 Å². The molecular weight excluding hydrogens is 548 g/mol. The molecule has 6 nitrogen and oxygen atoms in total. The second-order valence-corrected chi connectivity index (χ2v) is 10.7. The first-order valence-corrected chi connectivity index (χ1v) is 14.5. The van der Waals surface area contributed by atoms with Gasteiger partial charge in [0.1, 0.15) is 5.71 Å². The van der Waals surface area contributed by atoms with Gasteiger partial charge < -0.3 is 9.74 Å². The number of aryl methyl sites for hydroxylation is 1. The fourth-order valence-electron chi connectivity index (χ4n) is 5.50. The van der Waals surface area contributed by atoms with E-state index in [1.807, 2.05) is 104 Å². The molecule has 6 rings (SSSR count). The molecule has 0 amide bonds. The van der Waals surface area contributed by atoms with E-state index in [4.69, 9.17) is 4.84 Å². The van der Waals surface area contributed by atoms with Crippen LogP contribution in [0.15, 0.2) is 139 Å². The van der Waals surface area contributed by atoms with Gasteiger partial charge in [-0.25, -0.2) is 4.79 Å². The fourth-order valence-corrected chi connectivity index (χ4v) is 5.50. The highest BCUT2D eigenvalue weighted by atomic mass is 16.7. The van der Waals surface area contributed by atoms with Gasteiger partial charge in [-0.05, 0) is 66.1 Å². The van der Waals surface area contributed by atoms with Gasteiger partial charge in [0, 0.05) is 35.5 Å². The first kappa shape index (κ1) is 28.5. The molecule has 0 saturated carbocycles. The maximum Gasteiger partial charge on any atom is 0.365 e. The van der Waals surface area contributed by atoms with Gasteiger partial charge in [-0.2, -0.15) is 0 Å². The van der Waals surface area contributed by atoms with E-state index in [9.17, 15) is 14.4 Å². The van der Waals surface area contributed by atoms with Crippen molar-refractivity contribution in [1.82, 2.24) is 0 Å². The van der Waals surface area contributed by atoms with Gasteiger partial charge in [-0.3, -0.25) is 9.59 Å². The van der Waals surface area contributed by atoms with Crippen LogP contribution in [0.4, 0.5) is 11.4 Å². The van der Waals surface area contributed by atoms with E-state index in [-0.39, 0.29) is 23.7 Å². The maximum absolute atomic E-state index is 14.3. The van der Waals surface area contributed by atoms with Crippen molar-refractivity contribution in [2.45, 2.75) is 19.3 Å². The maximum atomic E-state index is 14.3. The summed E-state index contributed by atoms with van der Waals surface area (Å²) in [4.78, 5) is 47.4. The van der Waals surface area contributed by atoms with Crippen molar-refractivity contribution in [1.29, 1.82) is 0 Å². The molecule has 1 heterocycles. The third-order valence-electron chi connectivity index (χ3n) is 7.91. The summed E-state index contributed by atoms with van der Waals surface area (Å²) >= 11 is 0. The Bertz CT molecular complexity index is 1850. The number of carbonyl (C=O) groups excluding carboxylic acids is 3. The minimum atomic E-state index is -0.626. The molecule has 5 aromatic rings. The average molecular weight is 579 g/mol. The Balaban J connectivity index is 1.29. The Hall–Kier alpha value is -5.62. The molecular formula is C38H30N2O4. The first-order valence-electron chi connectivity index (χ1n) is 14.5. The highest BCUT2D eigenvalue weighted by molar-refractivity contribution is 6.42. The second kappa shape index (κ2) is 12.7. The molecule has 0 radical (unpaired) electrons. The van der Waals surface area contributed by atoms with Crippen LogP contribution in [0.25, 0.3) is 0 Å². The average Bonchev–Trinajstić information content (AvgIpc) is 3.47. The molecule has 5 aromatic carbocycles. The van der Waals surface area contributed by atoms with Gasteiger partial charge in [-0.1, -0.05) is 96.2 Å². The summed E-state index contributed by atoms with van der Waals surface area (Å²) in [5, 5.41) is 4.17. The molecule has 0 aromatic heterocycles. The molecule has 44 heavy (non-hydrogen) atoms. The summed E-state index contributed by atoms with van der Waals surface area (Å²) in [5.41, 5.74) is 6.33. The van der Waals surface area contributed by atoms with Crippen molar-refractivity contribution < 1.29 is 19.2 Å². The van der Waals surface area contributed by atoms with Crippen molar-refractivity contribution in [2.75, 3.05) is 11.4 Å². The zero-order valence-corrected chi connectivity index (χ0v) is 24.2. The molecule has 1 atom stereocenters. The van der Waals surface area contributed by atoms with Crippen LogP contribution in [0.1, 0.15) is 48.9 Å². The summed E-state index contributed by atoms with van der Waals surface area (Å²) in [6, 6.07) is 40.8. The molecule has 1 aliphatic rings. The summed E-state index contributed by atoms with van der Waals surface area (Å²) in [5.74, 6) is -1.41. The topological polar surface area (TPSA) is 76.0 Å². The van der Waals surface area contributed by atoms with Gasteiger partial charge in [0.05, 0.1) is 11.5 Å². The van der Waals surface area contributed by atoms with Crippen LogP contribution in [-0.2, 0) is 16.1 Å². The van der Waals surface area contributed by atoms with E-state index in [2.05, 4.69) is 10.1 Å². The van der Waals surface area contributed by atoms with E-state index >= 15 is 0 Å². The van der Waals surface area contributed by atoms with E-state index < -0.39 is 11.9 Å². The van der Waals surface area contributed by atoms with Crippen LogP contribution in [0.2, 0.25) is 0 Å². The summed E-state index contributed by atoms with van der Waals surface area (Å²) in [6.07, 6.45) is 0.225. The molecule has 216 valence electrons. The number of oxime groups is 1. The number of benzene rings is 5. The van der Waals surface area contributed by atoms with Gasteiger partial charge in [0.25, 0.3) is 0 Å². The second-order valence-electron chi connectivity index (χ2n) is 10.7. The number of rotatable bonds is 9. The van der Waals surface area contributed by atoms with Crippen molar-refractivity contribution in [3.05, 3.63) is 167 Å². The molecule has 0 N–H and O–H groups in total. The van der Waals surface area contributed by atoms with Crippen LogP contribution in [0.5, 0.6) is 0 Å². The predicted octanol–water partition coefficient (Wildman–Crippen LogP) is 7.49. The van der Waals surface area contributed by atoms with E-state index in [0.29, 0.717) is 23.2 Å². The van der Waals surface area contributed by atoms with Crippen molar-refractivity contribution in [2.24, 2.45) is 5.16 Å². The molecule has 1 aliphatic heterocycles. The fraction of sp³-hybridized carbons (Fsp3) is 0.105. The number of ketones is 2. The third-order valence-corrected chi connectivity index (χ3v) is 7.91. The SMILES string of the molecule is Cc1ccccc1C/C(=N\OC(=O)c1ccccc1)C(=O)C1CN(c2ccc(C(=O)c3ccccc3)cc2)c2ccccc21. The number of hydrogen-bond donors (Lipinski definition) is 0. The minimum absolute atomic E-state index is 0.0471. The first-order chi connectivity index (χ1) is 21.5. The molecule has 0 bridgehead atoms. The third kappa shape index (κ3) is 5.96. The normalized spacial score (nSPS) is 14.2.